The Labute approximate surface area is 72.8 Å². The van der Waals surface area contributed by atoms with E-state index in [2.05, 4.69) is 11.9 Å². The molecule has 12 heavy (non-hydrogen) atoms. The Bertz CT molecular complexity index is 160. The van der Waals surface area contributed by atoms with Crippen molar-refractivity contribution in [1.29, 1.82) is 0 Å². The summed E-state index contributed by atoms with van der Waals surface area (Å²) in [5.41, 5.74) is 0. The van der Waals surface area contributed by atoms with Gasteiger partial charge < -0.3 is 10.1 Å². The number of unbranched alkanes of at least 4 members (excludes halogenated alkanes) is 2. The zero-order chi connectivity index (χ0) is 8.81. The number of β-lactam (4-membered cyclic amide) rings is 1. The first kappa shape index (κ1) is 9.26. The standard InChI is InChI=1S/C9H15NO2/c1-2-3-4-5-6-12-9-7-8(11)10-9/h2,9H,1,3-7H2,(H,10,11). The van der Waals surface area contributed by atoms with Crippen LogP contribution in [0.25, 0.3) is 0 Å². The molecule has 68 valence electrons. The molecule has 1 saturated heterocycles. The molecule has 1 N–H and O–H groups in total. The van der Waals surface area contributed by atoms with Gasteiger partial charge in [-0.25, -0.2) is 0 Å². The molecule has 0 aromatic heterocycles. The molecule has 1 aliphatic rings. The van der Waals surface area contributed by atoms with Crippen molar-refractivity contribution in [1.82, 2.24) is 5.32 Å². The predicted octanol–water partition coefficient (Wildman–Crippen LogP) is 1.21. The van der Waals surface area contributed by atoms with Gasteiger partial charge in [-0.05, 0) is 19.3 Å². The largest absolute Gasteiger partial charge is 0.358 e. The average Bonchev–Trinajstić information content (AvgIpc) is 2.00. The monoisotopic (exact) mass is 169 g/mol. The van der Waals surface area contributed by atoms with Crippen molar-refractivity contribution >= 4 is 5.91 Å². The second kappa shape index (κ2) is 4.93. The molecule has 0 bridgehead atoms. The van der Waals surface area contributed by atoms with Crippen LogP contribution in [0.4, 0.5) is 0 Å². The quantitative estimate of drug-likeness (QED) is 0.368. The molecule has 0 spiro atoms. The van der Waals surface area contributed by atoms with Crippen molar-refractivity contribution in [3.05, 3.63) is 12.7 Å². The first-order valence-electron chi connectivity index (χ1n) is 4.35. The molecule has 1 unspecified atom stereocenters. The SMILES string of the molecule is C=CCCCCOC1CC(=O)N1. The zero-order valence-electron chi connectivity index (χ0n) is 7.21. The predicted molar refractivity (Wildman–Crippen MR) is 46.5 cm³/mol. The molecule has 1 rings (SSSR count). The van der Waals surface area contributed by atoms with E-state index in [0.29, 0.717) is 6.42 Å². The molecule has 0 aliphatic carbocycles. The van der Waals surface area contributed by atoms with Crippen LogP contribution in [0.5, 0.6) is 0 Å². The number of ether oxygens (including phenoxy) is 1. The van der Waals surface area contributed by atoms with Crippen LogP contribution in [-0.2, 0) is 9.53 Å². The van der Waals surface area contributed by atoms with Crippen LogP contribution in [0.15, 0.2) is 12.7 Å². The minimum Gasteiger partial charge on any atom is -0.358 e. The highest BCUT2D eigenvalue weighted by Gasteiger charge is 2.24. The van der Waals surface area contributed by atoms with E-state index in [9.17, 15) is 4.79 Å². The molecular weight excluding hydrogens is 154 g/mol. The highest BCUT2D eigenvalue weighted by Crippen LogP contribution is 2.06. The zero-order valence-corrected chi connectivity index (χ0v) is 7.21. The molecule has 1 atom stereocenters. The molecule has 3 heteroatoms. The van der Waals surface area contributed by atoms with Gasteiger partial charge in [0.2, 0.25) is 5.91 Å². The molecule has 0 saturated carbocycles. The van der Waals surface area contributed by atoms with Gasteiger partial charge in [-0.3, -0.25) is 4.79 Å². The molecular formula is C9H15NO2. The molecule has 3 nitrogen and oxygen atoms in total. The summed E-state index contributed by atoms with van der Waals surface area (Å²) in [7, 11) is 0. The molecule has 0 radical (unpaired) electrons. The molecule has 1 fully saturated rings. The van der Waals surface area contributed by atoms with Crippen molar-refractivity contribution < 1.29 is 9.53 Å². The smallest absolute Gasteiger partial charge is 0.226 e. The maximum Gasteiger partial charge on any atom is 0.226 e. The first-order valence-corrected chi connectivity index (χ1v) is 4.35. The third-order valence-corrected chi connectivity index (χ3v) is 1.81. The summed E-state index contributed by atoms with van der Waals surface area (Å²) in [5, 5.41) is 2.65. The Morgan fingerprint density at radius 3 is 3.00 bits per heavy atom. The van der Waals surface area contributed by atoms with E-state index in [4.69, 9.17) is 4.74 Å². The Hall–Kier alpha value is -0.830. The van der Waals surface area contributed by atoms with E-state index in [1.54, 1.807) is 0 Å². The van der Waals surface area contributed by atoms with Crippen LogP contribution in [0.1, 0.15) is 25.7 Å². The second-order valence-corrected chi connectivity index (χ2v) is 2.92. The number of nitrogens with one attached hydrogen (secondary N) is 1. The summed E-state index contributed by atoms with van der Waals surface area (Å²) in [6.07, 6.45) is 5.62. The van der Waals surface area contributed by atoms with E-state index in [0.717, 1.165) is 25.9 Å². The summed E-state index contributed by atoms with van der Waals surface area (Å²) in [6.45, 7) is 4.37. The summed E-state index contributed by atoms with van der Waals surface area (Å²) >= 11 is 0. The van der Waals surface area contributed by atoms with E-state index in [1.165, 1.54) is 0 Å². The summed E-state index contributed by atoms with van der Waals surface area (Å²) < 4.78 is 5.33. The third kappa shape index (κ3) is 3.05. The first-order chi connectivity index (χ1) is 5.83. The molecule has 0 aromatic rings. The van der Waals surface area contributed by atoms with Crippen molar-refractivity contribution in [2.24, 2.45) is 0 Å². The third-order valence-electron chi connectivity index (χ3n) is 1.81. The minimum absolute atomic E-state index is 0.0127. The van der Waals surface area contributed by atoms with Gasteiger partial charge in [0, 0.05) is 6.61 Å². The fraction of sp³-hybridized carbons (Fsp3) is 0.667. The van der Waals surface area contributed by atoms with Crippen LogP contribution >= 0.6 is 0 Å². The highest BCUT2D eigenvalue weighted by atomic mass is 16.5. The lowest BCUT2D eigenvalue weighted by atomic mass is 10.2. The summed E-state index contributed by atoms with van der Waals surface area (Å²) in [5.74, 6) is 0.0890. The number of carbonyl (C=O) groups is 1. The van der Waals surface area contributed by atoms with Crippen LogP contribution in [0.3, 0.4) is 0 Å². The van der Waals surface area contributed by atoms with E-state index in [1.807, 2.05) is 6.08 Å². The van der Waals surface area contributed by atoms with Gasteiger partial charge in [-0.15, -0.1) is 6.58 Å². The number of rotatable bonds is 6. The van der Waals surface area contributed by atoms with Crippen LogP contribution in [0, 0.1) is 0 Å². The van der Waals surface area contributed by atoms with Gasteiger partial charge in [-0.1, -0.05) is 6.08 Å². The van der Waals surface area contributed by atoms with Crippen molar-refractivity contribution in [2.45, 2.75) is 31.9 Å². The number of amides is 1. The summed E-state index contributed by atoms with van der Waals surface area (Å²) in [6, 6.07) is 0. The van der Waals surface area contributed by atoms with Crippen molar-refractivity contribution in [3.63, 3.8) is 0 Å². The fourth-order valence-corrected chi connectivity index (χ4v) is 1.04. The summed E-state index contributed by atoms with van der Waals surface area (Å²) in [4.78, 5) is 10.4. The van der Waals surface area contributed by atoms with Gasteiger partial charge in [-0.2, -0.15) is 0 Å². The molecule has 0 aromatic carbocycles. The van der Waals surface area contributed by atoms with E-state index in [-0.39, 0.29) is 12.1 Å². The Morgan fingerprint density at radius 2 is 2.42 bits per heavy atom. The van der Waals surface area contributed by atoms with Crippen LogP contribution in [0.2, 0.25) is 0 Å². The molecule has 1 amide bonds. The van der Waals surface area contributed by atoms with Gasteiger partial charge in [0.05, 0.1) is 6.42 Å². The van der Waals surface area contributed by atoms with Gasteiger partial charge in [0.1, 0.15) is 6.23 Å². The van der Waals surface area contributed by atoms with Gasteiger partial charge >= 0.3 is 0 Å². The lowest BCUT2D eigenvalue weighted by Gasteiger charge is -2.26. The number of hydrogen-bond donors (Lipinski definition) is 1. The number of allylic oxidation sites excluding steroid dienone is 1. The van der Waals surface area contributed by atoms with E-state index >= 15 is 0 Å². The normalized spacial score (nSPS) is 21.3. The van der Waals surface area contributed by atoms with Crippen molar-refractivity contribution in [2.75, 3.05) is 6.61 Å². The van der Waals surface area contributed by atoms with E-state index < -0.39 is 0 Å². The average molecular weight is 169 g/mol. The maximum absolute atomic E-state index is 10.4. The van der Waals surface area contributed by atoms with Gasteiger partial charge in [0.15, 0.2) is 0 Å². The van der Waals surface area contributed by atoms with Gasteiger partial charge in [0.25, 0.3) is 0 Å². The second-order valence-electron chi connectivity index (χ2n) is 2.92. The van der Waals surface area contributed by atoms with Crippen LogP contribution < -0.4 is 5.32 Å². The molecule has 1 heterocycles. The number of carbonyl (C=O) groups excluding carboxylic acids is 1. The highest BCUT2D eigenvalue weighted by molar-refractivity contribution is 5.82. The van der Waals surface area contributed by atoms with Crippen molar-refractivity contribution in [3.8, 4) is 0 Å². The topological polar surface area (TPSA) is 38.3 Å². The van der Waals surface area contributed by atoms with Crippen LogP contribution in [-0.4, -0.2) is 18.7 Å². The fourth-order valence-electron chi connectivity index (χ4n) is 1.04. The minimum atomic E-state index is -0.0127. The lowest BCUT2D eigenvalue weighted by Crippen LogP contribution is -2.50. The Kier molecular flexibility index (Phi) is 3.80. The maximum atomic E-state index is 10.4. The Balaban J connectivity index is 1.83. The Morgan fingerprint density at radius 1 is 1.67 bits per heavy atom. The molecule has 1 aliphatic heterocycles. The lowest BCUT2D eigenvalue weighted by molar-refractivity contribution is -0.140. The number of hydrogen-bond acceptors (Lipinski definition) is 2.